The normalized spacial score (nSPS) is 10.0. The lowest BCUT2D eigenvalue weighted by Gasteiger charge is -2.06. The fourth-order valence-corrected chi connectivity index (χ4v) is 2.96. The molecule has 2 aromatic rings. The molecule has 18 heavy (non-hydrogen) atoms. The molecule has 0 atom stereocenters. The van der Waals surface area contributed by atoms with E-state index in [1.165, 1.54) is 9.79 Å². The van der Waals surface area contributed by atoms with Crippen LogP contribution in [-0.4, -0.2) is 6.26 Å². The summed E-state index contributed by atoms with van der Waals surface area (Å²) in [5.41, 5.74) is 1.10. The summed E-state index contributed by atoms with van der Waals surface area (Å²) in [6.07, 6.45) is 2.54. The van der Waals surface area contributed by atoms with E-state index in [1.807, 2.05) is 18.2 Å². The van der Waals surface area contributed by atoms with Crippen molar-refractivity contribution in [3.63, 3.8) is 0 Å². The Bertz CT molecular complexity index is 555. The molecule has 2 rings (SSSR count). The third-order valence-electron chi connectivity index (χ3n) is 2.53. The van der Waals surface area contributed by atoms with Crippen molar-refractivity contribution in [2.75, 3.05) is 6.26 Å². The Morgan fingerprint density at radius 2 is 1.67 bits per heavy atom. The van der Waals surface area contributed by atoms with Gasteiger partial charge in [0.2, 0.25) is 0 Å². The molecule has 0 aromatic heterocycles. The monoisotopic (exact) mass is 271 g/mol. The minimum Gasteiger partial charge on any atom is -0.198 e. The maximum Gasteiger partial charge on any atom is 0.0670 e. The Hall–Kier alpha value is -1.37. The van der Waals surface area contributed by atoms with E-state index < -0.39 is 0 Å². The van der Waals surface area contributed by atoms with Crippen LogP contribution < -0.4 is 0 Å². The van der Waals surface area contributed by atoms with Gasteiger partial charge in [0.05, 0.1) is 12.5 Å². The average Bonchev–Trinajstić information content (AvgIpc) is 2.42. The zero-order chi connectivity index (χ0) is 12.8. The predicted molar refractivity (Wildman–Crippen MR) is 78.1 cm³/mol. The topological polar surface area (TPSA) is 23.8 Å². The van der Waals surface area contributed by atoms with Gasteiger partial charge in [-0.05, 0) is 42.2 Å². The SMILES string of the molecule is CSc1ccc(Sc2ccccc2CC#N)cc1. The maximum atomic E-state index is 8.82. The summed E-state index contributed by atoms with van der Waals surface area (Å²) < 4.78 is 0. The van der Waals surface area contributed by atoms with Gasteiger partial charge in [0.15, 0.2) is 0 Å². The second kappa shape index (κ2) is 6.53. The fourth-order valence-electron chi connectivity index (χ4n) is 1.61. The minimum atomic E-state index is 0.464. The first-order chi connectivity index (χ1) is 8.83. The number of hydrogen-bond donors (Lipinski definition) is 0. The first-order valence-corrected chi connectivity index (χ1v) is 7.64. The van der Waals surface area contributed by atoms with E-state index >= 15 is 0 Å². The van der Waals surface area contributed by atoms with E-state index in [1.54, 1.807) is 23.5 Å². The van der Waals surface area contributed by atoms with Crippen LogP contribution in [0.5, 0.6) is 0 Å². The molecular weight excluding hydrogens is 258 g/mol. The molecule has 1 nitrogen and oxygen atoms in total. The van der Waals surface area contributed by atoms with E-state index in [9.17, 15) is 0 Å². The van der Waals surface area contributed by atoms with E-state index in [4.69, 9.17) is 5.26 Å². The lowest BCUT2D eigenvalue weighted by Crippen LogP contribution is -1.85. The highest BCUT2D eigenvalue weighted by atomic mass is 32.2. The third kappa shape index (κ3) is 3.32. The lowest BCUT2D eigenvalue weighted by molar-refractivity contribution is 1.18. The van der Waals surface area contributed by atoms with Gasteiger partial charge in [0.25, 0.3) is 0 Å². The first kappa shape index (κ1) is 13.1. The second-order valence-corrected chi connectivity index (χ2v) is 5.72. The van der Waals surface area contributed by atoms with Crippen LogP contribution >= 0.6 is 23.5 Å². The number of benzene rings is 2. The summed E-state index contributed by atoms with van der Waals surface area (Å²) >= 11 is 3.46. The number of rotatable bonds is 4. The van der Waals surface area contributed by atoms with Crippen LogP contribution in [0.1, 0.15) is 5.56 Å². The molecule has 2 aromatic carbocycles. The van der Waals surface area contributed by atoms with Crippen LogP contribution in [0.25, 0.3) is 0 Å². The highest BCUT2D eigenvalue weighted by Gasteiger charge is 2.03. The standard InChI is InChI=1S/C15H13NS2/c1-17-13-6-8-14(9-7-13)18-15-5-3-2-4-12(15)10-11-16/h2-9H,10H2,1H3. The lowest BCUT2D eigenvalue weighted by atomic mass is 10.2. The smallest absolute Gasteiger partial charge is 0.0670 e. The van der Waals surface area contributed by atoms with Gasteiger partial charge in [-0.3, -0.25) is 0 Å². The van der Waals surface area contributed by atoms with Crippen molar-refractivity contribution < 1.29 is 0 Å². The zero-order valence-corrected chi connectivity index (χ0v) is 11.7. The predicted octanol–water partition coefficient (Wildman–Crippen LogP) is 4.63. The summed E-state index contributed by atoms with van der Waals surface area (Å²) in [6.45, 7) is 0. The Morgan fingerprint density at radius 1 is 1.00 bits per heavy atom. The van der Waals surface area contributed by atoms with Crippen molar-refractivity contribution in [3.8, 4) is 6.07 Å². The molecule has 0 saturated heterocycles. The van der Waals surface area contributed by atoms with Gasteiger partial charge < -0.3 is 0 Å². The van der Waals surface area contributed by atoms with Gasteiger partial charge in [-0.15, -0.1) is 11.8 Å². The van der Waals surface area contributed by atoms with E-state index in [0.717, 1.165) is 10.5 Å². The molecule has 0 saturated carbocycles. The van der Waals surface area contributed by atoms with Crippen LogP contribution in [0.15, 0.2) is 63.2 Å². The molecule has 0 aliphatic heterocycles. The number of nitriles is 1. The van der Waals surface area contributed by atoms with Crippen LogP contribution in [0, 0.1) is 11.3 Å². The van der Waals surface area contributed by atoms with Gasteiger partial charge in [-0.1, -0.05) is 30.0 Å². The Morgan fingerprint density at radius 3 is 2.33 bits per heavy atom. The van der Waals surface area contributed by atoms with Crippen molar-refractivity contribution in [1.29, 1.82) is 5.26 Å². The van der Waals surface area contributed by atoms with E-state index in [0.29, 0.717) is 6.42 Å². The Labute approximate surface area is 116 Å². The van der Waals surface area contributed by atoms with Crippen molar-refractivity contribution in [3.05, 3.63) is 54.1 Å². The maximum absolute atomic E-state index is 8.82. The molecule has 90 valence electrons. The molecule has 3 heteroatoms. The average molecular weight is 271 g/mol. The van der Waals surface area contributed by atoms with E-state index in [2.05, 4.69) is 42.7 Å². The van der Waals surface area contributed by atoms with Crippen LogP contribution in [-0.2, 0) is 6.42 Å². The Kier molecular flexibility index (Phi) is 4.74. The molecule has 0 radical (unpaired) electrons. The molecule has 0 amide bonds. The van der Waals surface area contributed by atoms with Crippen molar-refractivity contribution in [2.45, 2.75) is 21.1 Å². The molecule has 0 heterocycles. The highest BCUT2D eigenvalue weighted by Crippen LogP contribution is 2.31. The van der Waals surface area contributed by atoms with Crippen molar-refractivity contribution >= 4 is 23.5 Å². The summed E-state index contributed by atoms with van der Waals surface area (Å²) in [6, 6.07) is 18.8. The van der Waals surface area contributed by atoms with Crippen molar-refractivity contribution in [1.82, 2.24) is 0 Å². The largest absolute Gasteiger partial charge is 0.198 e. The number of thioether (sulfide) groups is 1. The molecule has 0 aliphatic rings. The van der Waals surface area contributed by atoms with Crippen molar-refractivity contribution in [2.24, 2.45) is 0 Å². The number of nitrogens with zero attached hydrogens (tertiary/aromatic N) is 1. The molecule has 0 aliphatic carbocycles. The molecule has 0 N–H and O–H groups in total. The quantitative estimate of drug-likeness (QED) is 0.758. The van der Waals surface area contributed by atoms with Crippen LogP contribution in [0.4, 0.5) is 0 Å². The summed E-state index contributed by atoms with van der Waals surface area (Å²) in [5, 5.41) is 8.82. The third-order valence-corrected chi connectivity index (χ3v) is 4.40. The summed E-state index contributed by atoms with van der Waals surface area (Å²) in [5.74, 6) is 0. The summed E-state index contributed by atoms with van der Waals surface area (Å²) in [7, 11) is 0. The van der Waals surface area contributed by atoms with Crippen LogP contribution in [0.3, 0.4) is 0 Å². The van der Waals surface area contributed by atoms with Crippen LogP contribution in [0.2, 0.25) is 0 Å². The first-order valence-electron chi connectivity index (χ1n) is 5.60. The number of hydrogen-bond acceptors (Lipinski definition) is 3. The second-order valence-electron chi connectivity index (χ2n) is 3.72. The molecule has 0 fully saturated rings. The molecular formula is C15H13NS2. The molecule has 0 spiro atoms. The fraction of sp³-hybridized carbons (Fsp3) is 0.133. The van der Waals surface area contributed by atoms with Gasteiger partial charge in [-0.2, -0.15) is 5.26 Å². The molecule has 0 unspecified atom stereocenters. The minimum absolute atomic E-state index is 0.464. The highest BCUT2D eigenvalue weighted by molar-refractivity contribution is 7.99. The van der Waals surface area contributed by atoms with Gasteiger partial charge in [0, 0.05) is 14.7 Å². The zero-order valence-electron chi connectivity index (χ0n) is 10.1. The molecule has 0 bridgehead atoms. The van der Waals surface area contributed by atoms with E-state index in [-0.39, 0.29) is 0 Å². The Balaban J connectivity index is 2.20. The van der Waals surface area contributed by atoms with Gasteiger partial charge in [-0.25, -0.2) is 0 Å². The van der Waals surface area contributed by atoms with Gasteiger partial charge >= 0.3 is 0 Å². The summed E-state index contributed by atoms with van der Waals surface area (Å²) in [4.78, 5) is 3.64. The van der Waals surface area contributed by atoms with Gasteiger partial charge in [0.1, 0.15) is 0 Å².